The lowest BCUT2D eigenvalue weighted by Crippen LogP contribution is -2.38. The van der Waals surface area contributed by atoms with Crippen molar-refractivity contribution in [3.63, 3.8) is 0 Å². The molecular formula is C17H15ClN4O4S2. The van der Waals surface area contributed by atoms with Gasteiger partial charge in [0, 0.05) is 36.7 Å². The number of rotatable bonds is 5. The van der Waals surface area contributed by atoms with Gasteiger partial charge in [-0.05, 0) is 12.1 Å². The summed E-state index contributed by atoms with van der Waals surface area (Å²) in [7, 11) is 0. The van der Waals surface area contributed by atoms with Gasteiger partial charge < -0.3 is 14.5 Å². The van der Waals surface area contributed by atoms with Gasteiger partial charge in [-0.1, -0.05) is 16.8 Å². The van der Waals surface area contributed by atoms with Crippen LogP contribution in [0.2, 0.25) is 4.34 Å². The quantitative estimate of drug-likeness (QED) is 0.652. The molecule has 1 amide bonds. The van der Waals surface area contributed by atoms with E-state index >= 15 is 0 Å². The molecule has 1 N–H and O–H groups in total. The first-order valence-electron chi connectivity index (χ1n) is 8.41. The number of nitrogens with zero attached hydrogens (tertiary/aromatic N) is 4. The minimum absolute atomic E-state index is 0.0709. The van der Waals surface area contributed by atoms with Crippen LogP contribution in [0, 0.1) is 0 Å². The summed E-state index contributed by atoms with van der Waals surface area (Å²) < 4.78 is 7.21. The van der Waals surface area contributed by atoms with Gasteiger partial charge in [-0.2, -0.15) is 16.9 Å². The summed E-state index contributed by atoms with van der Waals surface area (Å²) in [6, 6.07) is 6.60. The Hall–Kier alpha value is -2.30. The lowest BCUT2D eigenvalue weighted by Gasteiger charge is -2.25. The number of aromatic nitrogens is 3. The number of aromatic carboxylic acids is 1. The highest BCUT2D eigenvalue weighted by Crippen LogP contribution is 2.31. The lowest BCUT2D eigenvalue weighted by molar-refractivity contribution is 0.0683. The van der Waals surface area contributed by atoms with Crippen LogP contribution >= 0.6 is 34.7 Å². The molecule has 0 atom stereocenters. The van der Waals surface area contributed by atoms with E-state index in [0.717, 1.165) is 16.4 Å². The molecule has 0 saturated carbocycles. The number of carboxylic acids is 1. The topological polar surface area (TPSA) is 101 Å². The van der Waals surface area contributed by atoms with E-state index in [0.29, 0.717) is 28.9 Å². The summed E-state index contributed by atoms with van der Waals surface area (Å²) in [6.07, 6.45) is 0. The average Bonchev–Trinajstić information content (AvgIpc) is 3.42. The van der Waals surface area contributed by atoms with Gasteiger partial charge in [-0.25, -0.2) is 4.79 Å². The zero-order chi connectivity index (χ0) is 19.7. The maximum Gasteiger partial charge on any atom is 0.354 e. The van der Waals surface area contributed by atoms with Crippen LogP contribution in [-0.2, 0) is 6.54 Å². The van der Waals surface area contributed by atoms with Gasteiger partial charge in [0.1, 0.15) is 11.4 Å². The molecule has 0 bridgehead atoms. The van der Waals surface area contributed by atoms with E-state index in [2.05, 4.69) is 10.3 Å². The summed E-state index contributed by atoms with van der Waals surface area (Å²) in [4.78, 5) is 26.8. The third-order valence-electron chi connectivity index (χ3n) is 4.20. The molecule has 1 fully saturated rings. The fraction of sp³-hybridized carbons (Fsp3) is 0.294. The van der Waals surface area contributed by atoms with Crippen molar-refractivity contribution in [3.05, 3.63) is 45.7 Å². The molecule has 0 aromatic carbocycles. The van der Waals surface area contributed by atoms with Crippen molar-refractivity contribution in [2.75, 3.05) is 24.6 Å². The summed E-state index contributed by atoms with van der Waals surface area (Å²) in [5.41, 5.74) is 0.551. The minimum atomic E-state index is -1.16. The van der Waals surface area contributed by atoms with Crippen LogP contribution in [0.15, 0.2) is 28.8 Å². The molecule has 4 heterocycles. The van der Waals surface area contributed by atoms with Gasteiger partial charge in [-0.15, -0.1) is 11.3 Å². The SMILES string of the molecule is O=C(O)c1cc(C(=O)N2CCSCC2)nn1Cc1cc(-c2ccc(Cl)s2)on1. The van der Waals surface area contributed by atoms with E-state index in [4.69, 9.17) is 16.1 Å². The Morgan fingerprint density at radius 3 is 2.71 bits per heavy atom. The van der Waals surface area contributed by atoms with E-state index in [1.807, 2.05) is 6.07 Å². The van der Waals surface area contributed by atoms with Crippen LogP contribution in [0.25, 0.3) is 10.6 Å². The molecule has 1 aliphatic heterocycles. The van der Waals surface area contributed by atoms with Gasteiger partial charge in [0.05, 0.1) is 15.8 Å². The maximum atomic E-state index is 12.6. The van der Waals surface area contributed by atoms with E-state index < -0.39 is 5.97 Å². The van der Waals surface area contributed by atoms with Crippen molar-refractivity contribution < 1.29 is 19.2 Å². The Bertz CT molecular complexity index is 1020. The predicted molar refractivity (Wildman–Crippen MR) is 106 cm³/mol. The molecule has 8 nitrogen and oxygen atoms in total. The Balaban J connectivity index is 1.57. The maximum absolute atomic E-state index is 12.6. The first-order chi connectivity index (χ1) is 13.5. The Morgan fingerprint density at radius 2 is 2.04 bits per heavy atom. The second-order valence-electron chi connectivity index (χ2n) is 6.07. The number of carbonyl (C=O) groups excluding carboxylic acids is 1. The zero-order valence-corrected chi connectivity index (χ0v) is 16.9. The molecule has 4 rings (SSSR count). The Labute approximate surface area is 173 Å². The van der Waals surface area contributed by atoms with Crippen LogP contribution in [0.4, 0.5) is 0 Å². The third-order valence-corrected chi connectivity index (χ3v) is 6.39. The Morgan fingerprint density at radius 1 is 1.25 bits per heavy atom. The number of thioether (sulfide) groups is 1. The second-order valence-corrected chi connectivity index (χ2v) is 9.01. The number of amides is 1. The summed E-state index contributed by atoms with van der Waals surface area (Å²) >= 11 is 9.08. The lowest BCUT2D eigenvalue weighted by atomic mass is 10.3. The van der Waals surface area contributed by atoms with Gasteiger partial charge in [0.25, 0.3) is 5.91 Å². The van der Waals surface area contributed by atoms with E-state index in [-0.39, 0.29) is 23.8 Å². The van der Waals surface area contributed by atoms with Crippen molar-refractivity contribution in [1.82, 2.24) is 19.8 Å². The predicted octanol–water partition coefficient (Wildman–Crippen LogP) is 3.19. The van der Waals surface area contributed by atoms with E-state index in [9.17, 15) is 14.7 Å². The fourth-order valence-electron chi connectivity index (χ4n) is 2.85. The van der Waals surface area contributed by atoms with Crippen molar-refractivity contribution in [2.45, 2.75) is 6.54 Å². The van der Waals surface area contributed by atoms with E-state index in [1.54, 1.807) is 28.8 Å². The third kappa shape index (κ3) is 3.94. The molecule has 0 spiro atoms. The summed E-state index contributed by atoms with van der Waals surface area (Å²) in [5.74, 6) is 0.863. The normalized spacial score (nSPS) is 14.4. The van der Waals surface area contributed by atoms with Gasteiger partial charge in [-0.3, -0.25) is 9.48 Å². The van der Waals surface area contributed by atoms with Gasteiger partial charge in [0.2, 0.25) is 0 Å². The molecule has 146 valence electrons. The van der Waals surface area contributed by atoms with Crippen LogP contribution in [0.5, 0.6) is 0 Å². The van der Waals surface area contributed by atoms with Crippen LogP contribution in [-0.4, -0.2) is 61.4 Å². The number of halogens is 1. The molecule has 3 aromatic heterocycles. The van der Waals surface area contributed by atoms with Crippen molar-refractivity contribution in [3.8, 4) is 10.6 Å². The molecular weight excluding hydrogens is 424 g/mol. The van der Waals surface area contributed by atoms with Crippen LogP contribution in [0.3, 0.4) is 0 Å². The molecule has 0 aliphatic carbocycles. The van der Waals surface area contributed by atoms with Crippen molar-refractivity contribution in [2.24, 2.45) is 0 Å². The number of hydrogen-bond acceptors (Lipinski definition) is 7. The monoisotopic (exact) mass is 438 g/mol. The number of hydrogen-bond donors (Lipinski definition) is 1. The molecule has 3 aromatic rings. The summed E-state index contributed by atoms with van der Waals surface area (Å²) in [6.45, 7) is 1.34. The van der Waals surface area contributed by atoms with Gasteiger partial charge in [0.15, 0.2) is 11.5 Å². The first-order valence-corrected chi connectivity index (χ1v) is 10.8. The highest BCUT2D eigenvalue weighted by molar-refractivity contribution is 7.99. The Kier molecular flexibility index (Phi) is 5.42. The second kappa shape index (κ2) is 7.98. The molecule has 11 heteroatoms. The number of carboxylic acid groups (broad SMARTS) is 1. The fourth-order valence-corrected chi connectivity index (χ4v) is 4.74. The van der Waals surface area contributed by atoms with Crippen molar-refractivity contribution >= 4 is 46.6 Å². The number of thiophene rings is 1. The van der Waals surface area contributed by atoms with Crippen LogP contribution in [0.1, 0.15) is 26.7 Å². The molecule has 1 aliphatic rings. The smallest absolute Gasteiger partial charge is 0.354 e. The van der Waals surface area contributed by atoms with Crippen molar-refractivity contribution in [1.29, 1.82) is 0 Å². The molecule has 0 radical (unpaired) electrons. The molecule has 0 unspecified atom stereocenters. The summed E-state index contributed by atoms with van der Waals surface area (Å²) in [5, 5.41) is 17.7. The minimum Gasteiger partial charge on any atom is -0.477 e. The largest absolute Gasteiger partial charge is 0.477 e. The number of carbonyl (C=O) groups is 2. The average molecular weight is 439 g/mol. The standard InChI is InChI=1S/C17H15ClN4O4S2/c18-15-2-1-14(28-15)13-7-10(20-26-13)9-22-12(17(24)25)8-11(19-22)16(23)21-3-5-27-6-4-21/h1-2,7-8H,3-6,9H2,(H,24,25). The van der Waals surface area contributed by atoms with Gasteiger partial charge >= 0.3 is 5.97 Å². The highest BCUT2D eigenvalue weighted by atomic mass is 35.5. The first kappa shape index (κ1) is 19.0. The molecule has 28 heavy (non-hydrogen) atoms. The zero-order valence-electron chi connectivity index (χ0n) is 14.5. The van der Waals surface area contributed by atoms with E-state index in [1.165, 1.54) is 22.1 Å². The van der Waals surface area contributed by atoms with Crippen LogP contribution < -0.4 is 0 Å². The molecule has 1 saturated heterocycles. The highest BCUT2D eigenvalue weighted by Gasteiger charge is 2.24.